The van der Waals surface area contributed by atoms with E-state index in [-0.39, 0.29) is 0 Å². The van der Waals surface area contributed by atoms with E-state index in [4.69, 9.17) is 14.4 Å². The zero-order chi connectivity index (χ0) is 9.61. The standard InChI is InChI=1S/C7H17O4P/c1-4-7(10-5-2,11-6-3)12(8)9/h12H,4-6H2,1-3H3,(H,8,9). The lowest BCUT2D eigenvalue weighted by molar-refractivity contribution is -0.177. The maximum Gasteiger partial charge on any atom is 0.246 e. The molecule has 0 radical (unpaired) electrons. The molecule has 0 rings (SSSR count). The molecule has 0 aliphatic carbocycles. The lowest BCUT2D eigenvalue weighted by atomic mass is 10.4. The van der Waals surface area contributed by atoms with Gasteiger partial charge in [-0.1, -0.05) is 6.92 Å². The van der Waals surface area contributed by atoms with Gasteiger partial charge in [0, 0.05) is 19.6 Å². The van der Waals surface area contributed by atoms with Crippen molar-refractivity contribution in [1.29, 1.82) is 0 Å². The molecule has 0 aromatic rings. The molecule has 0 saturated carbocycles. The van der Waals surface area contributed by atoms with Crippen LogP contribution in [0.25, 0.3) is 0 Å². The molecular formula is C7H17O4P. The van der Waals surface area contributed by atoms with E-state index in [0.717, 1.165) is 0 Å². The van der Waals surface area contributed by atoms with E-state index in [9.17, 15) is 4.57 Å². The molecule has 1 N–H and O–H groups in total. The fraction of sp³-hybridized carbons (Fsp3) is 1.00. The lowest BCUT2D eigenvalue weighted by Crippen LogP contribution is -2.31. The monoisotopic (exact) mass is 196 g/mol. The molecule has 0 spiro atoms. The average molecular weight is 196 g/mol. The Morgan fingerprint density at radius 2 is 1.67 bits per heavy atom. The molecule has 1 atom stereocenters. The fourth-order valence-electron chi connectivity index (χ4n) is 0.987. The van der Waals surface area contributed by atoms with Crippen molar-refractivity contribution < 1.29 is 18.9 Å². The van der Waals surface area contributed by atoms with Gasteiger partial charge in [-0.2, -0.15) is 0 Å². The molecule has 5 heteroatoms. The van der Waals surface area contributed by atoms with Crippen LogP contribution in [0.3, 0.4) is 0 Å². The van der Waals surface area contributed by atoms with Crippen molar-refractivity contribution in [3.8, 4) is 0 Å². The number of ether oxygens (including phenoxy) is 2. The molecule has 1 unspecified atom stereocenters. The fourth-order valence-corrected chi connectivity index (χ4v) is 1.82. The quantitative estimate of drug-likeness (QED) is 0.517. The van der Waals surface area contributed by atoms with Gasteiger partial charge in [0.15, 0.2) is 0 Å². The van der Waals surface area contributed by atoms with Crippen LogP contribution in [0.4, 0.5) is 0 Å². The highest BCUT2D eigenvalue weighted by Crippen LogP contribution is 2.40. The number of hydrogen-bond donors (Lipinski definition) is 1. The van der Waals surface area contributed by atoms with Crippen molar-refractivity contribution in [1.82, 2.24) is 0 Å². The molecular weight excluding hydrogens is 179 g/mol. The molecule has 0 bridgehead atoms. The van der Waals surface area contributed by atoms with Gasteiger partial charge < -0.3 is 14.4 Å². The maximum atomic E-state index is 11.0. The summed E-state index contributed by atoms with van der Waals surface area (Å²) in [6.45, 7) is 6.07. The summed E-state index contributed by atoms with van der Waals surface area (Å²) in [6, 6.07) is 0. The first-order chi connectivity index (χ1) is 5.63. The molecule has 0 amide bonds. The Morgan fingerprint density at radius 3 is 1.83 bits per heavy atom. The Labute approximate surface area is 73.7 Å². The van der Waals surface area contributed by atoms with Gasteiger partial charge in [0.1, 0.15) is 0 Å². The molecule has 0 aliphatic heterocycles. The van der Waals surface area contributed by atoms with Crippen molar-refractivity contribution in [3.05, 3.63) is 0 Å². The van der Waals surface area contributed by atoms with Crippen molar-refractivity contribution in [2.45, 2.75) is 32.7 Å². The minimum absolute atomic E-state index is 0.380. The third kappa shape index (κ3) is 2.87. The summed E-state index contributed by atoms with van der Waals surface area (Å²) in [5, 5.41) is 0. The maximum absolute atomic E-state index is 11.0. The van der Waals surface area contributed by atoms with Gasteiger partial charge in [0.2, 0.25) is 13.6 Å². The third-order valence-corrected chi connectivity index (χ3v) is 2.84. The van der Waals surface area contributed by atoms with Crippen LogP contribution in [0, 0.1) is 0 Å². The first kappa shape index (κ1) is 12.1. The van der Waals surface area contributed by atoms with Crippen molar-refractivity contribution in [2.75, 3.05) is 13.2 Å². The summed E-state index contributed by atoms with van der Waals surface area (Å²) in [5.74, 6) is 0. The Morgan fingerprint density at radius 1 is 1.25 bits per heavy atom. The first-order valence-electron chi connectivity index (χ1n) is 4.14. The molecule has 0 fully saturated rings. The van der Waals surface area contributed by atoms with Crippen molar-refractivity contribution in [3.63, 3.8) is 0 Å². The predicted octanol–water partition coefficient (Wildman–Crippen LogP) is 1.59. The van der Waals surface area contributed by atoms with E-state index < -0.39 is 13.6 Å². The summed E-state index contributed by atoms with van der Waals surface area (Å²) in [4.78, 5) is 9.02. The zero-order valence-electron chi connectivity index (χ0n) is 7.79. The van der Waals surface area contributed by atoms with E-state index in [2.05, 4.69) is 0 Å². The second kappa shape index (κ2) is 5.70. The topological polar surface area (TPSA) is 55.8 Å². The second-order valence-electron chi connectivity index (χ2n) is 2.28. The first-order valence-corrected chi connectivity index (χ1v) is 5.49. The summed E-state index contributed by atoms with van der Waals surface area (Å²) < 4.78 is 21.2. The highest BCUT2D eigenvalue weighted by atomic mass is 31.1. The van der Waals surface area contributed by atoms with Gasteiger partial charge in [-0.15, -0.1) is 0 Å². The summed E-state index contributed by atoms with van der Waals surface area (Å²) >= 11 is 0. The Balaban J connectivity index is 4.39. The molecule has 12 heavy (non-hydrogen) atoms. The van der Waals surface area contributed by atoms with Crippen LogP contribution in [-0.4, -0.2) is 23.6 Å². The van der Waals surface area contributed by atoms with Gasteiger partial charge in [-0.3, -0.25) is 4.57 Å². The van der Waals surface area contributed by atoms with Crippen LogP contribution < -0.4 is 0 Å². The predicted molar refractivity (Wildman–Crippen MR) is 47.5 cm³/mol. The third-order valence-electron chi connectivity index (χ3n) is 1.55. The van der Waals surface area contributed by atoms with E-state index in [1.807, 2.05) is 0 Å². The van der Waals surface area contributed by atoms with Crippen LogP contribution in [0.1, 0.15) is 27.2 Å². The molecule has 0 aromatic carbocycles. The lowest BCUT2D eigenvalue weighted by Gasteiger charge is -2.28. The Kier molecular flexibility index (Phi) is 5.76. The van der Waals surface area contributed by atoms with Crippen LogP contribution in [0.5, 0.6) is 0 Å². The molecule has 74 valence electrons. The van der Waals surface area contributed by atoms with E-state index in [1.165, 1.54) is 0 Å². The van der Waals surface area contributed by atoms with Gasteiger partial charge in [0.25, 0.3) is 0 Å². The van der Waals surface area contributed by atoms with E-state index in [0.29, 0.717) is 19.6 Å². The Bertz CT molecular complexity index is 142. The minimum atomic E-state index is -2.80. The Hall–Kier alpha value is 0.110. The minimum Gasteiger partial charge on any atom is -0.343 e. The summed E-state index contributed by atoms with van der Waals surface area (Å²) in [5.41, 5.74) is -1.26. The van der Waals surface area contributed by atoms with E-state index in [1.54, 1.807) is 20.8 Å². The van der Waals surface area contributed by atoms with Gasteiger partial charge in [-0.05, 0) is 13.8 Å². The van der Waals surface area contributed by atoms with Gasteiger partial charge in [-0.25, -0.2) is 0 Å². The average Bonchev–Trinajstić information content (AvgIpc) is 2.03. The SMILES string of the molecule is CCOC(CC)(OCC)[PH](=O)O. The van der Waals surface area contributed by atoms with Gasteiger partial charge >= 0.3 is 0 Å². The number of hydrogen-bond acceptors (Lipinski definition) is 3. The highest BCUT2D eigenvalue weighted by molar-refractivity contribution is 7.39. The van der Waals surface area contributed by atoms with Crippen LogP contribution in [0.15, 0.2) is 0 Å². The molecule has 0 heterocycles. The van der Waals surface area contributed by atoms with Crippen molar-refractivity contribution in [2.24, 2.45) is 0 Å². The van der Waals surface area contributed by atoms with Crippen LogP contribution in [0.2, 0.25) is 0 Å². The largest absolute Gasteiger partial charge is 0.343 e. The number of rotatable bonds is 6. The normalized spacial score (nSPS) is 14.7. The molecule has 4 nitrogen and oxygen atoms in total. The van der Waals surface area contributed by atoms with Crippen LogP contribution in [-0.2, 0) is 14.0 Å². The van der Waals surface area contributed by atoms with Gasteiger partial charge in [0.05, 0.1) is 0 Å². The smallest absolute Gasteiger partial charge is 0.246 e. The summed E-state index contributed by atoms with van der Waals surface area (Å²) in [7, 11) is -2.80. The molecule has 0 aromatic heterocycles. The molecule has 0 aliphatic rings. The van der Waals surface area contributed by atoms with Crippen LogP contribution >= 0.6 is 8.03 Å². The zero-order valence-corrected chi connectivity index (χ0v) is 8.79. The molecule has 0 saturated heterocycles. The van der Waals surface area contributed by atoms with E-state index >= 15 is 0 Å². The highest BCUT2D eigenvalue weighted by Gasteiger charge is 2.35. The summed E-state index contributed by atoms with van der Waals surface area (Å²) in [6.07, 6.45) is 0.392. The second-order valence-corrected chi connectivity index (χ2v) is 3.65. The van der Waals surface area contributed by atoms with Crippen molar-refractivity contribution >= 4 is 8.03 Å².